The Bertz CT molecular complexity index is 390. The van der Waals surface area contributed by atoms with Crippen LogP contribution in [0.5, 0.6) is 0 Å². The van der Waals surface area contributed by atoms with Crippen LogP contribution in [0.4, 0.5) is 5.82 Å². The molecule has 0 saturated heterocycles. The number of nitrogens with one attached hydrogen (secondary N) is 1. The van der Waals surface area contributed by atoms with Crippen LogP contribution in [-0.4, -0.2) is 34.7 Å². The number of carbonyl (C=O) groups excluding carboxylic acids is 1. The molecule has 0 atom stereocenters. The average Bonchev–Trinajstić information content (AvgIpc) is 2.29. The predicted octanol–water partition coefficient (Wildman–Crippen LogP) is 1.85. The van der Waals surface area contributed by atoms with Gasteiger partial charge in [0, 0.05) is 18.6 Å². The Morgan fingerprint density at radius 3 is 2.22 bits per heavy atom. The number of anilines is 1. The lowest BCUT2D eigenvalue weighted by molar-refractivity contribution is 0.0913. The topological polar surface area (TPSA) is 58.1 Å². The SMILES string of the molecule is CCN(CC)c1ccc(C(=O)NC(C)(C)C)nn1. The molecule has 1 N–H and O–H groups in total. The van der Waals surface area contributed by atoms with Crippen LogP contribution in [0.2, 0.25) is 0 Å². The maximum Gasteiger partial charge on any atom is 0.272 e. The van der Waals surface area contributed by atoms with Gasteiger partial charge < -0.3 is 10.2 Å². The van der Waals surface area contributed by atoms with Crippen LogP contribution in [0, 0.1) is 0 Å². The number of hydrogen-bond donors (Lipinski definition) is 1. The maximum atomic E-state index is 11.9. The Labute approximate surface area is 109 Å². The zero-order valence-corrected chi connectivity index (χ0v) is 11.8. The second-order valence-electron chi connectivity index (χ2n) is 5.15. The van der Waals surface area contributed by atoms with Crippen LogP contribution in [-0.2, 0) is 0 Å². The van der Waals surface area contributed by atoms with Gasteiger partial charge >= 0.3 is 0 Å². The summed E-state index contributed by atoms with van der Waals surface area (Å²) in [5, 5.41) is 10.9. The summed E-state index contributed by atoms with van der Waals surface area (Å²) >= 11 is 0. The molecule has 0 spiro atoms. The largest absolute Gasteiger partial charge is 0.356 e. The molecule has 0 bridgehead atoms. The predicted molar refractivity (Wildman–Crippen MR) is 72.8 cm³/mol. The molecule has 0 aliphatic heterocycles. The summed E-state index contributed by atoms with van der Waals surface area (Å²) in [6, 6.07) is 3.54. The Balaban J connectivity index is 2.79. The van der Waals surface area contributed by atoms with Crippen molar-refractivity contribution in [1.29, 1.82) is 0 Å². The molecule has 5 heteroatoms. The maximum absolute atomic E-state index is 11.9. The van der Waals surface area contributed by atoms with E-state index in [1.807, 2.05) is 26.8 Å². The molecule has 0 unspecified atom stereocenters. The molecule has 1 amide bonds. The minimum absolute atomic E-state index is 0.193. The third-order valence-electron chi connectivity index (χ3n) is 2.46. The van der Waals surface area contributed by atoms with Crippen LogP contribution in [0.3, 0.4) is 0 Å². The number of aromatic nitrogens is 2. The van der Waals surface area contributed by atoms with Gasteiger partial charge in [0.15, 0.2) is 11.5 Å². The van der Waals surface area contributed by atoms with Crippen molar-refractivity contribution < 1.29 is 4.79 Å². The molecule has 1 rings (SSSR count). The Kier molecular flexibility index (Phi) is 4.64. The summed E-state index contributed by atoms with van der Waals surface area (Å²) in [6.07, 6.45) is 0. The summed E-state index contributed by atoms with van der Waals surface area (Å²) in [7, 11) is 0. The van der Waals surface area contributed by atoms with E-state index < -0.39 is 0 Å². The van der Waals surface area contributed by atoms with Gasteiger partial charge in [-0.15, -0.1) is 10.2 Å². The van der Waals surface area contributed by atoms with Crippen molar-refractivity contribution in [2.24, 2.45) is 0 Å². The van der Waals surface area contributed by atoms with Gasteiger partial charge in [-0.05, 0) is 46.8 Å². The Morgan fingerprint density at radius 1 is 1.22 bits per heavy atom. The lowest BCUT2D eigenvalue weighted by Crippen LogP contribution is -2.41. The molecule has 0 aliphatic carbocycles. The molecular weight excluding hydrogens is 228 g/mol. The van der Waals surface area contributed by atoms with E-state index in [1.54, 1.807) is 6.07 Å². The molecule has 5 nitrogen and oxygen atoms in total. The minimum atomic E-state index is -0.268. The molecule has 0 radical (unpaired) electrons. The lowest BCUT2D eigenvalue weighted by atomic mass is 10.1. The molecule has 1 aromatic heterocycles. The van der Waals surface area contributed by atoms with Crippen LogP contribution in [0.1, 0.15) is 45.1 Å². The van der Waals surface area contributed by atoms with Gasteiger partial charge in [-0.3, -0.25) is 4.79 Å². The number of hydrogen-bond acceptors (Lipinski definition) is 4. The smallest absolute Gasteiger partial charge is 0.272 e. The summed E-state index contributed by atoms with van der Waals surface area (Å²) in [6.45, 7) is 11.7. The van der Waals surface area contributed by atoms with E-state index >= 15 is 0 Å². The van der Waals surface area contributed by atoms with Crippen LogP contribution in [0.15, 0.2) is 12.1 Å². The van der Waals surface area contributed by atoms with Gasteiger partial charge in [0.05, 0.1) is 0 Å². The number of nitrogens with zero attached hydrogens (tertiary/aromatic N) is 3. The van der Waals surface area contributed by atoms with E-state index in [0.29, 0.717) is 5.69 Å². The zero-order valence-electron chi connectivity index (χ0n) is 11.8. The first kappa shape index (κ1) is 14.4. The summed E-state index contributed by atoms with van der Waals surface area (Å²) < 4.78 is 0. The average molecular weight is 250 g/mol. The fourth-order valence-electron chi connectivity index (χ4n) is 1.57. The molecule has 0 aliphatic rings. The Hall–Kier alpha value is -1.65. The van der Waals surface area contributed by atoms with E-state index in [-0.39, 0.29) is 11.4 Å². The monoisotopic (exact) mass is 250 g/mol. The highest BCUT2D eigenvalue weighted by Gasteiger charge is 2.16. The zero-order chi connectivity index (χ0) is 13.8. The first-order valence-corrected chi connectivity index (χ1v) is 6.28. The quantitative estimate of drug-likeness (QED) is 0.886. The van der Waals surface area contributed by atoms with Crippen molar-refractivity contribution in [3.8, 4) is 0 Å². The van der Waals surface area contributed by atoms with Crippen LogP contribution < -0.4 is 10.2 Å². The molecule has 18 heavy (non-hydrogen) atoms. The van der Waals surface area contributed by atoms with E-state index in [2.05, 4.69) is 34.3 Å². The van der Waals surface area contributed by atoms with Crippen molar-refractivity contribution in [3.63, 3.8) is 0 Å². The summed E-state index contributed by atoms with van der Waals surface area (Å²) in [4.78, 5) is 13.9. The molecule has 0 aromatic carbocycles. The standard InChI is InChI=1S/C13H22N4O/c1-6-17(7-2)11-9-8-10(15-16-11)12(18)14-13(3,4)5/h8-9H,6-7H2,1-5H3,(H,14,18). The normalized spacial score (nSPS) is 11.2. The summed E-state index contributed by atoms with van der Waals surface area (Å²) in [5.41, 5.74) is 0.0804. The molecular formula is C13H22N4O. The van der Waals surface area contributed by atoms with E-state index in [1.165, 1.54) is 0 Å². The van der Waals surface area contributed by atoms with Gasteiger partial charge in [0.1, 0.15) is 0 Å². The third-order valence-corrected chi connectivity index (χ3v) is 2.46. The van der Waals surface area contributed by atoms with Gasteiger partial charge in [0.2, 0.25) is 0 Å². The van der Waals surface area contributed by atoms with Gasteiger partial charge in [-0.1, -0.05) is 0 Å². The third kappa shape index (κ3) is 3.98. The van der Waals surface area contributed by atoms with E-state index in [4.69, 9.17) is 0 Å². The lowest BCUT2D eigenvalue weighted by Gasteiger charge is -2.21. The van der Waals surface area contributed by atoms with Crippen LogP contribution >= 0.6 is 0 Å². The highest BCUT2D eigenvalue weighted by molar-refractivity contribution is 5.92. The second kappa shape index (κ2) is 5.80. The van der Waals surface area contributed by atoms with Crippen molar-refractivity contribution >= 4 is 11.7 Å². The van der Waals surface area contributed by atoms with Gasteiger partial charge in [0.25, 0.3) is 5.91 Å². The van der Waals surface area contributed by atoms with Crippen molar-refractivity contribution in [2.45, 2.75) is 40.2 Å². The van der Waals surface area contributed by atoms with E-state index in [9.17, 15) is 4.79 Å². The van der Waals surface area contributed by atoms with Crippen molar-refractivity contribution in [1.82, 2.24) is 15.5 Å². The highest BCUT2D eigenvalue weighted by atomic mass is 16.2. The minimum Gasteiger partial charge on any atom is -0.356 e. The van der Waals surface area contributed by atoms with Crippen molar-refractivity contribution in [3.05, 3.63) is 17.8 Å². The first-order chi connectivity index (χ1) is 8.37. The number of carbonyl (C=O) groups is 1. The molecule has 0 fully saturated rings. The molecule has 100 valence electrons. The van der Waals surface area contributed by atoms with Crippen molar-refractivity contribution in [2.75, 3.05) is 18.0 Å². The molecule has 1 heterocycles. The van der Waals surface area contributed by atoms with Gasteiger partial charge in [-0.2, -0.15) is 0 Å². The Morgan fingerprint density at radius 2 is 1.83 bits per heavy atom. The molecule has 0 saturated carbocycles. The number of amides is 1. The van der Waals surface area contributed by atoms with Crippen LogP contribution in [0.25, 0.3) is 0 Å². The molecule has 1 aromatic rings. The first-order valence-electron chi connectivity index (χ1n) is 6.28. The van der Waals surface area contributed by atoms with Gasteiger partial charge in [-0.25, -0.2) is 0 Å². The highest BCUT2D eigenvalue weighted by Crippen LogP contribution is 2.09. The summed E-state index contributed by atoms with van der Waals surface area (Å²) in [5.74, 6) is 0.605. The fraction of sp³-hybridized carbons (Fsp3) is 0.615. The second-order valence-corrected chi connectivity index (χ2v) is 5.15. The van der Waals surface area contributed by atoms with E-state index in [0.717, 1.165) is 18.9 Å². The number of rotatable bonds is 4. The fourth-order valence-corrected chi connectivity index (χ4v) is 1.57.